The Labute approximate surface area is 139 Å². The van der Waals surface area contributed by atoms with Crippen molar-refractivity contribution in [2.75, 3.05) is 18.0 Å². The molecule has 3 heterocycles. The Hall–Kier alpha value is -1.93. The van der Waals surface area contributed by atoms with Crippen molar-refractivity contribution in [2.45, 2.75) is 43.0 Å². The van der Waals surface area contributed by atoms with E-state index in [2.05, 4.69) is 0 Å². The number of rotatable bonds is 3. The van der Waals surface area contributed by atoms with Crippen LogP contribution in [0.3, 0.4) is 0 Å². The zero-order valence-corrected chi connectivity index (χ0v) is 13.9. The highest BCUT2D eigenvalue weighted by molar-refractivity contribution is 7.89. The highest BCUT2D eigenvalue weighted by Gasteiger charge is 2.41. The maximum Gasteiger partial charge on any atom is 0.322 e. The minimum Gasteiger partial charge on any atom is -0.480 e. The SMILES string of the molecule is O=C(O)[C@H]1CCCN1S(=O)(=O)c1cc2c3c(c1)CC(=O)N3CCC2. The van der Waals surface area contributed by atoms with Gasteiger partial charge in [0.25, 0.3) is 0 Å². The summed E-state index contributed by atoms with van der Waals surface area (Å²) in [7, 11) is -3.88. The number of nitrogens with zero attached hydrogens (tertiary/aromatic N) is 2. The Morgan fingerprint density at radius 3 is 2.67 bits per heavy atom. The van der Waals surface area contributed by atoms with Crippen LogP contribution in [0.4, 0.5) is 5.69 Å². The zero-order valence-electron chi connectivity index (χ0n) is 13.1. The lowest BCUT2D eigenvalue weighted by Crippen LogP contribution is -2.40. The van der Waals surface area contributed by atoms with Gasteiger partial charge in [-0.1, -0.05) is 0 Å². The maximum absolute atomic E-state index is 13.0. The fourth-order valence-corrected chi connectivity index (χ4v) is 5.76. The molecule has 0 spiro atoms. The maximum atomic E-state index is 13.0. The number of hydrogen-bond donors (Lipinski definition) is 1. The molecule has 1 fully saturated rings. The number of carbonyl (C=O) groups is 2. The monoisotopic (exact) mass is 350 g/mol. The minimum absolute atomic E-state index is 0.00471. The molecule has 3 aliphatic heterocycles. The molecule has 1 saturated heterocycles. The van der Waals surface area contributed by atoms with E-state index in [9.17, 15) is 23.1 Å². The van der Waals surface area contributed by atoms with Crippen LogP contribution in [-0.4, -0.2) is 48.8 Å². The second-order valence-corrected chi connectivity index (χ2v) is 8.42. The quantitative estimate of drug-likeness (QED) is 0.868. The van der Waals surface area contributed by atoms with E-state index in [0.717, 1.165) is 34.0 Å². The molecule has 0 aliphatic carbocycles. The molecule has 1 N–H and O–H groups in total. The van der Waals surface area contributed by atoms with Crippen LogP contribution in [0.25, 0.3) is 0 Å². The van der Waals surface area contributed by atoms with Crippen LogP contribution in [0.15, 0.2) is 17.0 Å². The molecule has 8 heteroatoms. The standard InChI is InChI=1S/C16H18N2O5S/c19-14-9-11-8-12(7-10-3-1-5-17(14)15(10)11)24(22,23)18-6-2-4-13(18)16(20)21/h7-8,13H,1-6,9H2,(H,20,21)/t13-/m1/s1. The number of hydrogen-bond acceptors (Lipinski definition) is 4. The summed E-state index contributed by atoms with van der Waals surface area (Å²) in [4.78, 5) is 25.3. The average molecular weight is 350 g/mol. The van der Waals surface area contributed by atoms with Gasteiger partial charge < -0.3 is 10.0 Å². The van der Waals surface area contributed by atoms with Crippen molar-refractivity contribution in [1.82, 2.24) is 4.31 Å². The van der Waals surface area contributed by atoms with Crippen molar-refractivity contribution in [3.05, 3.63) is 23.3 Å². The van der Waals surface area contributed by atoms with Gasteiger partial charge >= 0.3 is 5.97 Å². The van der Waals surface area contributed by atoms with Gasteiger partial charge in [-0.05, 0) is 48.9 Å². The number of carboxylic acids is 1. The van der Waals surface area contributed by atoms with E-state index in [4.69, 9.17) is 0 Å². The van der Waals surface area contributed by atoms with Crippen molar-refractivity contribution >= 4 is 27.6 Å². The summed E-state index contributed by atoms with van der Waals surface area (Å²) in [5.74, 6) is -1.11. The summed E-state index contributed by atoms with van der Waals surface area (Å²) < 4.78 is 27.0. The third-order valence-electron chi connectivity index (χ3n) is 5.08. The summed E-state index contributed by atoms with van der Waals surface area (Å²) in [6, 6.07) is 2.17. The normalized spacial score (nSPS) is 23.6. The van der Waals surface area contributed by atoms with Crippen LogP contribution in [0, 0.1) is 0 Å². The van der Waals surface area contributed by atoms with Crippen molar-refractivity contribution in [2.24, 2.45) is 0 Å². The lowest BCUT2D eigenvalue weighted by atomic mass is 10.0. The van der Waals surface area contributed by atoms with Crippen molar-refractivity contribution in [1.29, 1.82) is 0 Å². The van der Waals surface area contributed by atoms with Gasteiger partial charge in [-0.3, -0.25) is 9.59 Å². The molecule has 4 rings (SSSR count). The second-order valence-electron chi connectivity index (χ2n) is 6.53. The number of aliphatic carboxylic acids is 1. The number of amides is 1. The lowest BCUT2D eigenvalue weighted by molar-refractivity contribution is -0.140. The first-order valence-corrected chi connectivity index (χ1v) is 9.54. The average Bonchev–Trinajstić information content (AvgIpc) is 3.15. The van der Waals surface area contributed by atoms with E-state index in [1.54, 1.807) is 17.0 Å². The van der Waals surface area contributed by atoms with Crippen LogP contribution in [0.2, 0.25) is 0 Å². The van der Waals surface area contributed by atoms with E-state index >= 15 is 0 Å². The Morgan fingerprint density at radius 1 is 1.17 bits per heavy atom. The van der Waals surface area contributed by atoms with Crippen molar-refractivity contribution in [3.63, 3.8) is 0 Å². The number of carboxylic acid groups (broad SMARTS) is 1. The fraction of sp³-hybridized carbons (Fsp3) is 0.500. The molecule has 0 unspecified atom stereocenters. The van der Waals surface area contributed by atoms with E-state index < -0.39 is 22.0 Å². The van der Waals surface area contributed by atoms with E-state index in [-0.39, 0.29) is 23.8 Å². The molecule has 1 aromatic carbocycles. The highest BCUT2D eigenvalue weighted by Crippen LogP contribution is 2.39. The molecule has 3 aliphatic rings. The number of aryl methyl sites for hydroxylation is 1. The summed E-state index contributed by atoms with van der Waals surface area (Å²) in [6.07, 6.45) is 2.63. The molecular weight excluding hydrogens is 332 g/mol. The van der Waals surface area contributed by atoms with Gasteiger partial charge in [0.2, 0.25) is 15.9 Å². The summed E-state index contributed by atoms with van der Waals surface area (Å²) in [5, 5.41) is 9.27. The van der Waals surface area contributed by atoms with Crippen LogP contribution < -0.4 is 4.90 Å². The topological polar surface area (TPSA) is 95.0 Å². The minimum atomic E-state index is -3.88. The number of anilines is 1. The Balaban J connectivity index is 1.79. The highest BCUT2D eigenvalue weighted by atomic mass is 32.2. The van der Waals surface area contributed by atoms with E-state index in [1.807, 2.05) is 0 Å². The van der Waals surface area contributed by atoms with Gasteiger partial charge in [0.05, 0.1) is 17.0 Å². The second kappa shape index (κ2) is 5.29. The first-order chi connectivity index (χ1) is 11.4. The van der Waals surface area contributed by atoms with Gasteiger partial charge in [-0.25, -0.2) is 8.42 Å². The molecule has 0 saturated carbocycles. The predicted octanol–water partition coefficient (Wildman–Crippen LogP) is 0.760. The van der Waals surface area contributed by atoms with E-state index in [0.29, 0.717) is 19.4 Å². The Kier molecular flexibility index (Phi) is 3.43. The largest absolute Gasteiger partial charge is 0.480 e. The first kappa shape index (κ1) is 15.6. The third-order valence-corrected chi connectivity index (χ3v) is 6.96. The van der Waals surface area contributed by atoms with Crippen molar-refractivity contribution < 1.29 is 23.1 Å². The Morgan fingerprint density at radius 2 is 1.92 bits per heavy atom. The molecule has 7 nitrogen and oxygen atoms in total. The zero-order chi connectivity index (χ0) is 17.1. The molecule has 24 heavy (non-hydrogen) atoms. The number of benzene rings is 1. The summed E-state index contributed by atoms with van der Waals surface area (Å²) >= 11 is 0. The molecule has 1 aromatic rings. The van der Waals surface area contributed by atoms with Crippen LogP contribution in [-0.2, 0) is 32.5 Å². The molecule has 0 aromatic heterocycles. The van der Waals surface area contributed by atoms with Gasteiger partial charge in [0.15, 0.2) is 0 Å². The molecular formula is C16H18N2O5S. The molecule has 0 radical (unpaired) electrons. The lowest BCUT2D eigenvalue weighted by Gasteiger charge is -2.27. The fourth-order valence-electron chi connectivity index (χ4n) is 4.01. The van der Waals surface area contributed by atoms with Gasteiger partial charge in [-0.15, -0.1) is 0 Å². The van der Waals surface area contributed by atoms with Gasteiger partial charge in [0.1, 0.15) is 6.04 Å². The molecule has 1 atom stereocenters. The van der Waals surface area contributed by atoms with Crippen LogP contribution in [0.1, 0.15) is 30.4 Å². The summed E-state index contributed by atoms with van der Waals surface area (Å²) in [6.45, 7) is 0.898. The number of sulfonamides is 1. The molecule has 128 valence electrons. The molecule has 0 bridgehead atoms. The van der Waals surface area contributed by atoms with Gasteiger partial charge in [-0.2, -0.15) is 4.31 Å². The predicted molar refractivity (Wildman–Crippen MR) is 85.4 cm³/mol. The first-order valence-electron chi connectivity index (χ1n) is 8.10. The molecule has 1 amide bonds. The van der Waals surface area contributed by atoms with Crippen LogP contribution >= 0.6 is 0 Å². The van der Waals surface area contributed by atoms with Crippen molar-refractivity contribution in [3.8, 4) is 0 Å². The smallest absolute Gasteiger partial charge is 0.322 e. The Bertz CT molecular complexity index is 848. The third kappa shape index (κ3) is 2.16. The van der Waals surface area contributed by atoms with Crippen LogP contribution in [0.5, 0.6) is 0 Å². The van der Waals surface area contributed by atoms with Gasteiger partial charge in [0, 0.05) is 13.1 Å². The van der Waals surface area contributed by atoms with E-state index in [1.165, 1.54) is 0 Å². The summed E-state index contributed by atoms with van der Waals surface area (Å²) in [5.41, 5.74) is 2.47. The number of carbonyl (C=O) groups excluding carboxylic acids is 1.